The highest BCUT2D eigenvalue weighted by Crippen LogP contribution is 2.52. The summed E-state index contributed by atoms with van der Waals surface area (Å²) < 4.78 is 5.73. The molecule has 0 saturated heterocycles. The van der Waals surface area contributed by atoms with Crippen molar-refractivity contribution in [1.29, 1.82) is 0 Å². The first kappa shape index (κ1) is 14.3. The van der Waals surface area contributed by atoms with Gasteiger partial charge < -0.3 is 4.74 Å². The number of methoxy groups -OCH3 is 1. The molecule has 3 heteroatoms. The minimum atomic E-state index is -0.0186. The van der Waals surface area contributed by atoms with Crippen molar-refractivity contribution in [1.82, 2.24) is 5.43 Å². The van der Waals surface area contributed by atoms with E-state index in [0.29, 0.717) is 11.8 Å². The summed E-state index contributed by atoms with van der Waals surface area (Å²) in [6.07, 6.45) is 1.14. The summed E-state index contributed by atoms with van der Waals surface area (Å²) in [5.74, 6) is 6.93. The topological polar surface area (TPSA) is 47.3 Å². The molecule has 1 aliphatic rings. The number of nitrogens with one attached hydrogen (secondary N) is 1. The van der Waals surface area contributed by atoms with E-state index in [1.807, 2.05) is 18.2 Å². The van der Waals surface area contributed by atoms with Crippen molar-refractivity contribution in [2.75, 3.05) is 7.11 Å². The Labute approximate surface area is 126 Å². The first-order chi connectivity index (χ1) is 10.3. The van der Waals surface area contributed by atoms with Crippen LogP contribution in [0.2, 0.25) is 0 Å². The van der Waals surface area contributed by atoms with Gasteiger partial charge in [-0.1, -0.05) is 60.7 Å². The van der Waals surface area contributed by atoms with Crippen LogP contribution in [0.1, 0.15) is 29.6 Å². The van der Waals surface area contributed by atoms with E-state index in [4.69, 9.17) is 10.6 Å². The van der Waals surface area contributed by atoms with Gasteiger partial charge in [0.15, 0.2) is 0 Å². The zero-order valence-electron chi connectivity index (χ0n) is 12.3. The van der Waals surface area contributed by atoms with E-state index >= 15 is 0 Å². The molecule has 4 atom stereocenters. The SMILES string of the molecule is COC(c1ccccc1)C(NN)C1CC1c1ccccc1. The Balaban J connectivity index is 1.77. The lowest BCUT2D eigenvalue weighted by Gasteiger charge is -2.26. The molecule has 3 N–H and O–H groups in total. The van der Waals surface area contributed by atoms with Crippen molar-refractivity contribution in [2.24, 2.45) is 11.8 Å². The van der Waals surface area contributed by atoms with E-state index < -0.39 is 0 Å². The Bertz CT molecular complexity index is 558. The van der Waals surface area contributed by atoms with Gasteiger partial charge in [0.1, 0.15) is 0 Å². The second-order valence-corrected chi connectivity index (χ2v) is 5.68. The maximum absolute atomic E-state index is 5.84. The molecule has 21 heavy (non-hydrogen) atoms. The largest absolute Gasteiger partial charge is 0.375 e. The van der Waals surface area contributed by atoms with Crippen LogP contribution in [0.3, 0.4) is 0 Å². The molecule has 1 saturated carbocycles. The highest BCUT2D eigenvalue weighted by molar-refractivity contribution is 5.28. The molecule has 0 aliphatic heterocycles. The Kier molecular flexibility index (Phi) is 4.34. The van der Waals surface area contributed by atoms with Crippen LogP contribution >= 0.6 is 0 Å². The number of hydrogen-bond donors (Lipinski definition) is 2. The van der Waals surface area contributed by atoms with Crippen LogP contribution in [-0.2, 0) is 4.74 Å². The first-order valence-electron chi connectivity index (χ1n) is 7.44. The zero-order chi connectivity index (χ0) is 14.7. The molecule has 2 aromatic rings. The third-order valence-electron chi connectivity index (χ3n) is 4.43. The summed E-state index contributed by atoms with van der Waals surface area (Å²) >= 11 is 0. The monoisotopic (exact) mass is 282 g/mol. The van der Waals surface area contributed by atoms with Crippen LogP contribution in [0.4, 0.5) is 0 Å². The minimum Gasteiger partial charge on any atom is -0.375 e. The van der Waals surface area contributed by atoms with Crippen LogP contribution in [-0.4, -0.2) is 13.2 Å². The van der Waals surface area contributed by atoms with Crippen molar-refractivity contribution < 1.29 is 4.74 Å². The number of rotatable bonds is 6. The molecule has 4 unspecified atom stereocenters. The second kappa shape index (κ2) is 6.39. The first-order valence-corrected chi connectivity index (χ1v) is 7.44. The molecule has 0 spiro atoms. The normalized spacial score (nSPS) is 23.5. The molecule has 110 valence electrons. The predicted octanol–water partition coefficient (Wildman–Crippen LogP) is 3.01. The van der Waals surface area contributed by atoms with Gasteiger partial charge in [0.25, 0.3) is 0 Å². The van der Waals surface area contributed by atoms with Crippen molar-refractivity contribution in [2.45, 2.75) is 24.5 Å². The Hall–Kier alpha value is -1.68. The molecule has 0 bridgehead atoms. The molecule has 2 aromatic carbocycles. The fraction of sp³-hybridized carbons (Fsp3) is 0.333. The zero-order valence-corrected chi connectivity index (χ0v) is 12.3. The van der Waals surface area contributed by atoms with Crippen LogP contribution in [0.5, 0.6) is 0 Å². The molecular formula is C18H22N2O. The molecule has 1 aliphatic carbocycles. The molecule has 3 rings (SSSR count). The Morgan fingerprint density at radius 3 is 2.24 bits per heavy atom. The fourth-order valence-electron chi connectivity index (χ4n) is 3.26. The fourth-order valence-corrected chi connectivity index (χ4v) is 3.26. The van der Waals surface area contributed by atoms with Crippen molar-refractivity contribution in [3.8, 4) is 0 Å². The van der Waals surface area contributed by atoms with Crippen molar-refractivity contribution >= 4 is 0 Å². The second-order valence-electron chi connectivity index (χ2n) is 5.68. The number of ether oxygens (including phenoxy) is 1. The van der Waals surface area contributed by atoms with E-state index in [0.717, 1.165) is 6.42 Å². The third kappa shape index (κ3) is 3.00. The summed E-state index contributed by atoms with van der Waals surface area (Å²) in [4.78, 5) is 0. The molecule has 0 aromatic heterocycles. The summed E-state index contributed by atoms with van der Waals surface area (Å²) in [6, 6.07) is 21.1. The van der Waals surface area contributed by atoms with Crippen molar-refractivity contribution in [3.63, 3.8) is 0 Å². The van der Waals surface area contributed by atoms with E-state index in [2.05, 4.69) is 47.9 Å². The van der Waals surface area contributed by atoms with Gasteiger partial charge in [-0.05, 0) is 29.4 Å². The summed E-state index contributed by atoms with van der Waals surface area (Å²) in [5, 5.41) is 0. The Morgan fingerprint density at radius 2 is 1.67 bits per heavy atom. The summed E-state index contributed by atoms with van der Waals surface area (Å²) in [6.45, 7) is 0. The molecule has 1 fully saturated rings. The van der Waals surface area contributed by atoms with Gasteiger partial charge in [0.05, 0.1) is 12.1 Å². The molecule has 3 nitrogen and oxygen atoms in total. The smallest absolute Gasteiger partial charge is 0.0990 e. The van der Waals surface area contributed by atoms with Crippen molar-refractivity contribution in [3.05, 3.63) is 71.8 Å². The predicted molar refractivity (Wildman–Crippen MR) is 84.6 cm³/mol. The van der Waals surface area contributed by atoms with Gasteiger partial charge >= 0.3 is 0 Å². The highest BCUT2D eigenvalue weighted by atomic mass is 16.5. The standard InChI is InChI=1S/C18H22N2O/c1-21-18(14-10-6-3-7-11-14)17(20-19)16-12-15(16)13-8-4-2-5-9-13/h2-11,15-18,20H,12,19H2,1H3. The third-order valence-corrected chi connectivity index (χ3v) is 4.43. The maximum Gasteiger partial charge on any atom is 0.0990 e. The summed E-state index contributed by atoms with van der Waals surface area (Å²) in [5.41, 5.74) is 5.55. The van der Waals surface area contributed by atoms with E-state index in [-0.39, 0.29) is 12.1 Å². The van der Waals surface area contributed by atoms with E-state index in [1.165, 1.54) is 11.1 Å². The van der Waals surface area contributed by atoms with Crippen LogP contribution in [0.15, 0.2) is 60.7 Å². The van der Waals surface area contributed by atoms with Gasteiger partial charge in [-0.25, -0.2) is 0 Å². The average molecular weight is 282 g/mol. The van der Waals surface area contributed by atoms with Crippen LogP contribution in [0.25, 0.3) is 0 Å². The number of hydrogen-bond acceptors (Lipinski definition) is 3. The van der Waals surface area contributed by atoms with Gasteiger partial charge in [-0.2, -0.15) is 0 Å². The highest BCUT2D eigenvalue weighted by Gasteiger charge is 2.46. The van der Waals surface area contributed by atoms with Gasteiger partial charge in [0.2, 0.25) is 0 Å². The Morgan fingerprint density at radius 1 is 1.05 bits per heavy atom. The molecular weight excluding hydrogens is 260 g/mol. The molecule has 0 heterocycles. The quantitative estimate of drug-likeness (QED) is 0.632. The number of hydrazine groups is 1. The lowest BCUT2D eigenvalue weighted by molar-refractivity contribution is 0.0597. The van der Waals surface area contributed by atoms with E-state index in [1.54, 1.807) is 7.11 Å². The van der Waals surface area contributed by atoms with Gasteiger partial charge in [-0.15, -0.1) is 0 Å². The number of nitrogens with two attached hydrogens (primary N) is 1. The maximum atomic E-state index is 5.84. The molecule has 0 radical (unpaired) electrons. The lowest BCUT2D eigenvalue weighted by atomic mass is 9.96. The lowest BCUT2D eigenvalue weighted by Crippen LogP contribution is -2.42. The minimum absolute atomic E-state index is 0.0186. The van der Waals surface area contributed by atoms with Gasteiger partial charge in [0, 0.05) is 7.11 Å². The van der Waals surface area contributed by atoms with E-state index in [9.17, 15) is 0 Å². The molecule has 0 amide bonds. The van der Waals surface area contributed by atoms with Gasteiger partial charge in [-0.3, -0.25) is 11.3 Å². The van der Waals surface area contributed by atoms with Crippen LogP contribution in [0, 0.1) is 5.92 Å². The summed E-state index contributed by atoms with van der Waals surface area (Å²) in [7, 11) is 1.75. The average Bonchev–Trinajstić information content (AvgIpc) is 3.34. The van der Waals surface area contributed by atoms with Crippen LogP contribution < -0.4 is 11.3 Å². The number of benzene rings is 2.